The predicted octanol–water partition coefficient (Wildman–Crippen LogP) is 1.04. The van der Waals surface area contributed by atoms with Crippen molar-refractivity contribution in [3.05, 3.63) is 10.7 Å². The summed E-state index contributed by atoms with van der Waals surface area (Å²) in [5.41, 5.74) is 0.934. The lowest BCUT2D eigenvalue weighted by Gasteiger charge is -2.29. The highest BCUT2D eigenvalue weighted by Crippen LogP contribution is 2.13. The molecule has 1 aliphatic rings. The molecular weight excluding hydrogens is 214 g/mol. The third-order valence-corrected chi connectivity index (χ3v) is 2.88. The van der Waals surface area contributed by atoms with Crippen LogP contribution in [0.25, 0.3) is 0 Å². The van der Waals surface area contributed by atoms with E-state index in [0.29, 0.717) is 5.03 Å². The first-order valence-corrected chi connectivity index (χ1v) is 5.42. The molecule has 4 nitrogen and oxygen atoms in total. The van der Waals surface area contributed by atoms with Crippen LogP contribution in [0.1, 0.15) is 6.92 Å². The number of aliphatic imine (C=N–C) groups is 1. The minimum Gasteiger partial charge on any atom is -0.390 e. The van der Waals surface area contributed by atoms with Gasteiger partial charge >= 0.3 is 0 Å². The van der Waals surface area contributed by atoms with E-state index in [1.807, 2.05) is 14.0 Å². The Labute approximate surface area is 96.0 Å². The summed E-state index contributed by atoms with van der Waals surface area (Å²) in [5.74, 6) is 0.840. The molecule has 0 amide bonds. The number of halogens is 1. The lowest BCUT2D eigenvalue weighted by molar-refractivity contribution is 0.0683. The molecule has 1 N–H and O–H groups in total. The van der Waals surface area contributed by atoms with Crippen LogP contribution in [0, 0.1) is 0 Å². The van der Waals surface area contributed by atoms with Crippen molar-refractivity contribution in [2.45, 2.75) is 6.92 Å². The lowest BCUT2D eigenvalue weighted by atomic mass is 10.3. The third-order valence-electron chi connectivity index (χ3n) is 2.42. The largest absolute Gasteiger partial charge is 0.390 e. The second kappa shape index (κ2) is 5.98. The Morgan fingerprint density at radius 3 is 2.47 bits per heavy atom. The summed E-state index contributed by atoms with van der Waals surface area (Å²) in [7, 11) is 3.61. The summed E-state index contributed by atoms with van der Waals surface area (Å²) >= 11 is 6.23. The fraction of sp³-hybridized carbons (Fsp3) is 0.700. The molecule has 15 heavy (non-hydrogen) atoms. The Hall–Kier alpha value is -0.740. The molecule has 0 unspecified atom stereocenters. The maximum absolute atomic E-state index is 6.23. The van der Waals surface area contributed by atoms with Gasteiger partial charge in [-0.3, -0.25) is 4.99 Å². The molecule has 5 heteroatoms. The van der Waals surface area contributed by atoms with E-state index >= 15 is 0 Å². The number of allylic oxidation sites excluding steroid dienone is 1. The topological polar surface area (TPSA) is 36.9 Å². The van der Waals surface area contributed by atoms with Gasteiger partial charge in [-0.05, 0) is 6.92 Å². The van der Waals surface area contributed by atoms with Crippen LogP contribution in [-0.2, 0) is 4.74 Å². The summed E-state index contributed by atoms with van der Waals surface area (Å²) in [6.45, 7) is 5.11. The quantitative estimate of drug-likeness (QED) is 0.570. The smallest absolute Gasteiger partial charge is 0.144 e. The van der Waals surface area contributed by atoms with Gasteiger partial charge in [0.2, 0.25) is 0 Å². The third kappa shape index (κ3) is 3.11. The van der Waals surface area contributed by atoms with E-state index in [9.17, 15) is 0 Å². The fourth-order valence-electron chi connectivity index (χ4n) is 1.43. The molecule has 0 aromatic rings. The zero-order chi connectivity index (χ0) is 11.3. The fourth-order valence-corrected chi connectivity index (χ4v) is 1.73. The Bertz CT molecular complexity index is 270. The predicted molar refractivity (Wildman–Crippen MR) is 63.4 cm³/mol. The van der Waals surface area contributed by atoms with Crippen molar-refractivity contribution < 1.29 is 4.74 Å². The zero-order valence-corrected chi connectivity index (χ0v) is 10.3. The van der Waals surface area contributed by atoms with Crippen LogP contribution >= 0.6 is 11.6 Å². The number of ether oxygens (including phenoxy) is 1. The van der Waals surface area contributed by atoms with E-state index in [1.165, 1.54) is 0 Å². The van der Waals surface area contributed by atoms with Crippen molar-refractivity contribution in [2.24, 2.45) is 4.99 Å². The van der Waals surface area contributed by atoms with E-state index in [4.69, 9.17) is 16.3 Å². The van der Waals surface area contributed by atoms with E-state index in [-0.39, 0.29) is 0 Å². The molecular formula is C10H18ClN3O. The molecule has 1 heterocycles. The van der Waals surface area contributed by atoms with Crippen molar-refractivity contribution in [1.29, 1.82) is 0 Å². The number of nitrogens with one attached hydrogen (secondary N) is 1. The highest BCUT2D eigenvalue weighted by Gasteiger charge is 2.18. The van der Waals surface area contributed by atoms with Gasteiger partial charge in [0.15, 0.2) is 0 Å². The van der Waals surface area contributed by atoms with E-state index in [0.717, 1.165) is 37.8 Å². The second-order valence-corrected chi connectivity index (χ2v) is 3.71. The van der Waals surface area contributed by atoms with Crippen LogP contribution in [0.5, 0.6) is 0 Å². The van der Waals surface area contributed by atoms with Gasteiger partial charge < -0.3 is 15.0 Å². The summed E-state index contributed by atoms with van der Waals surface area (Å²) in [4.78, 5) is 6.38. The van der Waals surface area contributed by atoms with Gasteiger partial charge in [0.25, 0.3) is 0 Å². The monoisotopic (exact) mass is 231 g/mol. The minimum absolute atomic E-state index is 0.682. The van der Waals surface area contributed by atoms with E-state index in [1.54, 1.807) is 7.05 Å². The van der Waals surface area contributed by atoms with Crippen LogP contribution in [0.3, 0.4) is 0 Å². The average molecular weight is 232 g/mol. The molecule has 0 aromatic heterocycles. The summed E-state index contributed by atoms with van der Waals surface area (Å²) in [5, 5.41) is 3.71. The zero-order valence-electron chi connectivity index (χ0n) is 9.51. The van der Waals surface area contributed by atoms with Gasteiger partial charge in [-0.25, -0.2) is 0 Å². The van der Waals surface area contributed by atoms with Gasteiger partial charge in [0.1, 0.15) is 10.9 Å². The highest BCUT2D eigenvalue weighted by molar-refractivity contribution is 6.43. The van der Waals surface area contributed by atoms with Gasteiger partial charge in [-0.15, -0.1) is 0 Å². The molecule has 86 valence electrons. The molecule has 1 saturated heterocycles. The van der Waals surface area contributed by atoms with Gasteiger partial charge in [0.05, 0.1) is 13.2 Å². The number of hydrogen-bond acceptors (Lipinski definition) is 3. The Morgan fingerprint density at radius 2 is 2.00 bits per heavy atom. The average Bonchev–Trinajstić information content (AvgIpc) is 2.30. The molecule has 1 rings (SSSR count). The molecule has 0 aliphatic carbocycles. The number of hydrogen-bond donors (Lipinski definition) is 1. The lowest BCUT2D eigenvalue weighted by Crippen LogP contribution is -2.41. The van der Waals surface area contributed by atoms with Crippen LogP contribution in [-0.4, -0.2) is 51.1 Å². The Morgan fingerprint density at radius 1 is 1.40 bits per heavy atom. The first kappa shape index (κ1) is 12.3. The number of rotatable bonds is 2. The van der Waals surface area contributed by atoms with Crippen molar-refractivity contribution >= 4 is 17.4 Å². The molecule has 1 aliphatic heterocycles. The van der Waals surface area contributed by atoms with Crippen molar-refractivity contribution in [3.63, 3.8) is 0 Å². The van der Waals surface area contributed by atoms with E-state index < -0.39 is 0 Å². The Balaban J connectivity index is 2.79. The van der Waals surface area contributed by atoms with Crippen LogP contribution in [0.4, 0.5) is 0 Å². The molecule has 0 aromatic carbocycles. The van der Waals surface area contributed by atoms with Gasteiger partial charge in [-0.2, -0.15) is 0 Å². The van der Waals surface area contributed by atoms with Gasteiger partial charge in [-0.1, -0.05) is 11.6 Å². The highest BCUT2D eigenvalue weighted by atomic mass is 35.5. The summed E-state index contributed by atoms with van der Waals surface area (Å²) in [6.07, 6.45) is 0. The minimum atomic E-state index is 0.682. The maximum Gasteiger partial charge on any atom is 0.144 e. The molecule has 0 spiro atoms. The molecule has 1 fully saturated rings. The number of morpholine rings is 1. The first-order chi connectivity index (χ1) is 7.20. The van der Waals surface area contributed by atoms with Crippen molar-refractivity contribution in [2.75, 3.05) is 40.4 Å². The SMILES string of the molecule is CN=C(C(Cl)=C(C)NC)N1CCOCC1. The molecule has 0 saturated carbocycles. The van der Waals surface area contributed by atoms with Crippen molar-refractivity contribution in [3.8, 4) is 0 Å². The number of amidine groups is 1. The molecule has 0 bridgehead atoms. The summed E-state index contributed by atoms with van der Waals surface area (Å²) < 4.78 is 5.29. The van der Waals surface area contributed by atoms with Crippen LogP contribution in [0.15, 0.2) is 15.7 Å². The van der Waals surface area contributed by atoms with Crippen LogP contribution < -0.4 is 5.32 Å². The summed E-state index contributed by atoms with van der Waals surface area (Å²) in [6, 6.07) is 0. The van der Waals surface area contributed by atoms with Gasteiger partial charge in [0, 0.05) is 32.9 Å². The van der Waals surface area contributed by atoms with Crippen molar-refractivity contribution in [1.82, 2.24) is 10.2 Å². The standard InChI is InChI=1S/C10H18ClN3O/c1-8(12-2)9(11)10(13-3)14-4-6-15-7-5-14/h12H,4-7H2,1-3H3. The number of nitrogens with zero attached hydrogens (tertiary/aromatic N) is 2. The second-order valence-electron chi connectivity index (χ2n) is 3.34. The van der Waals surface area contributed by atoms with E-state index in [2.05, 4.69) is 15.2 Å². The first-order valence-electron chi connectivity index (χ1n) is 5.04. The maximum atomic E-state index is 6.23. The Kier molecular flexibility index (Phi) is 4.91. The normalized spacial score (nSPS) is 20.0. The van der Waals surface area contributed by atoms with Crippen LogP contribution in [0.2, 0.25) is 0 Å². The molecule has 0 radical (unpaired) electrons. The molecule has 0 atom stereocenters.